The molecule has 0 spiro atoms. The maximum absolute atomic E-state index is 4.39. The summed E-state index contributed by atoms with van der Waals surface area (Å²) in [5.41, 5.74) is 2.76. The zero-order valence-corrected chi connectivity index (χ0v) is 12.4. The van der Waals surface area contributed by atoms with Crippen molar-refractivity contribution in [3.05, 3.63) is 59.7 Å². The molecule has 0 aliphatic heterocycles. The summed E-state index contributed by atoms with van der Waals surface area (Å²) in [7, 11) is 0. The van der Waals surface area contributed by atoms with Crippen molar-refractivity contribution in [2.24, 2.45) is 0 Å². The van der Waals surface area contributed by atoms with Crippen LogP contribution in [0.25, 0.3) is 32.3 Å². The van der Waals surface area contributed by atoms with E-state index in [-0.39, 0.29) is 0 Å². The molecule has 4 aromatic carbocycles. The molecule has 4 rings (SSSR count). The van der Waals surface area contributed by atoms with E-state index in [4.69, 9.17) is 0 Å². The Bertz CT molecular complexity index is 921. The second-order valence-corrected chi connectivity index (χ2v) is 5.95. The van der Waals surface area contributed by atoms with Crippen molar-refractivity contribution in [3.63, 3.8) is 0 Å². The highest BCUT2D eigenvalue weighted by molar-refractivity contribution is 7.80. The highest BCUT2D eigenvalue weighted by atomic mass is 32.1. The SMILES string of the molecule is Cc1ccc2ccc3c(CCS)ccc4ccc1c2c43. The van der Waals surface area contributed by atoms with E-state index >= 15 is 0 Å². The minimum absolute atomic E-state index is 0.892. The number of hydrogen-bond donors (Lipinski definition) is 1. The Morgan fingerprint density at radius 2 is 1.35 bits per heavy atom. The number of aryl methyl sites for hydroxylation is 2. The third-order valence-electron chi connectivity index (χ3n) is 4.35. The average Bonchev–Trinajstić information content (AvgIpc) is 2.48. The lowest BCUT2D eigenvalue weighted by molar-refractivity contribution is 1.19. The Balaban J connectivity index is 2.28. The predicted octanol–water partition coefficient (Wildman–Crippen LogP) is 5.36. The van der Waals surface area contributed by atoms with E-state index in [0.29, 0.717) is 0 Å². The lowest BCUT2D eigenvalue weighted by atomic mass is 9.90. The van der Waals surface area contributed by atoms with Gasteiger partial charge in [0.05, 0.1) is 0 Å². The van der Waals surface area contributed by atoms with Crippen molar-refractivity contribution in [2.75, 3.05) is 5.75 Å². The van der Waals surface area contributed by atoms with Crippen molar-refractivity contribution >= 4 is 44.9 Å². The highest BCUT2D eigenvalue weighted by Gasteiger charge is 2.11. The molecule has 0 heterocycles. The van der Waals surface area contributed by atoms with Crippen molar-refractivity contribution < 1.29 is 0 Å². The fourth-order valence-electron chi connectivity index (χ4n) is 3.35. The van der Waals surface area contributed by atoms with Crippen LogP contribution in [-0.4, -0.2) is 5.75 Å². The first kappa shape index (κ1) is 12.0. The maximum atomic E-state index is 4.39. The van der Waals surface area contributed by atoms with Crippen LogP contribution in [0.5, 0.6) is 0 Å². The molecular formula is C19H16S. The van der Waals surface area contributed by atoms with Crippen LogP contribution in [0.2, 0.25) is 0 Å². The first-order valence-electron chi connectivity index (χ1n) is 7.06. The molecule has 0 amide bonds. The molecule has 0 unspecified atom stereocenters. The molecule has 0 aromatic heterocycles. The highest BCUT2D eigenvalue weighted by Crippen LogP contribution is 2.37. The smallest absolute Gasteiger partial charge is 0.00239 e. The van der Waals surface area contributed by atoms with E-state index < -0.39 is 0 Å². The van der Waals surface area contributed by atoms with Crippen molar-refractivity contribution in [2.45, 2.75) is 13.3 Å². The predicted molar refractivity (Wildman–Crippen MR) is 92.4 cm³/mol. The van der Waals surface area contributed by atoms with Gasteiger partial charge in [-0.1, -0.05) is 48.5 Å². The van der Waals surface area contributed by atoms with E-state index in [0.717, 1.165) is 12.2 Å². The number of hydrogen-bond acceptors (Lipinski definition) is 1. The minimum Gasteiger partial charge on any atom is -0.179 e. The van der Waals surface area contributed by atoms with Gasteiger partial charge >= 0.3 is 0 Å². The molecule has 0 saturated carbocycles. The van der Waals surface area contributed by atoms with Crippen LogP contribution in [-0.2, 0) is 6.42 Å². The third-order valence-corrected chi connectivity index (χ3v) is 4.58. The zero-order chi connectivity index (χ0) is 13.7. The lowest BCUT2D eigenvalue weighted by Gasteiger charge is -2.14. The third kappa shape index (κ3) is 1.56. The van der Waals surface area contributed by atoms with E-state index in [2.05, 4.69) is 68.1 Å². The van der Waals surface area contributed by atoms with E-state index in [1.807, 2.05) is 0 Å². The first-order valence-corrected chi connectivity index (χ1v) is 7.69. The van der Waals surface area contributed by atoms with Crippen molar-refractivity contribution in [3.8, 4) is 0 Å². The zero-order valence-electron chi connectivity index (χ0n) is 11.5. The number of rotatable bonds is 2. The van der Waals surface area contributed by atoms with E-state index in [9.17, 15) is 0 Å². The van der Waals surface area contributed by atoms with Crippen LogP contribution in [0.1, 0.15) is 11.1 Å². The monoisotopic (exact) mass is 276 g/mol. The Morgan fingerprint density at radius 1 is 0.750 bits per heavy atom. The Hall–Kier alpha value is -1.73. The van der Waals surface area contributed by atoms with Gasteiger partial charge in [0.1, 0.15) is 0 Å². The van der Waals surface area contributed by atoms with Gasteiger partial charge in [0.2, 0.25) is 0 Å². The number of benzene rings is 4. The molecule has 0 bridgehead atoms. The van der Waals surface area contributed by atoms with E-state index in [1.54, 1.807) is 0 Å². The molecule has 0 nitrogen and oxygen atoms in total. The molecule has 0 aliphatic carbocycles. The molecule has 0 atom stereocenters. The summed E-state index contributed by atoms with van der Waals surface area (Å²) in [6, 6.07) is 18.0. The quantitative estimate of drug-likeness (QED) is 0.369. The largest absolute Gasteiger partial charge is 0.179 e. The summed E-state index contributed by atoms with van der Waals surface area (Å²) in [4.78, 5) is 0. The van der Waals surface area contributed by atoms with Crippen LogP contribution in [0.4, 0.5) is 0 Å². The maximum Gasteiger partial charge on any atom is -0.00239 e. The lowest BCUT2D eigenvalue weighted by Crippen LogP contribution is -1.92. The van der Waals surface area contributed by atoms with E-state index in [1.165, 1.54) is 43.4 Å². The van der Waals surface area contributed by atoms with Gasteiger partial charge in [0, 0.05) is 0 Å². The summed E-state index contributed by atoms with van der Waals surface area (Å²) in [5, 5.41) is 8.28. The standard InChI is InChI=1S/C19H16S/c1-12-2-3-14-7-9-17-13(10-11-20)4-5-15-6-8-16(12)18(14)19(15)17/h2-9,20H,10-11H2,1H3. The van der Waals surface area contributed by atoms with Crippen molar-refractivity contribution in [1.29, 1.82) is 0 Å². The molecule has 0 saturated heterocycles. The Labute approximate surface area is 124 Å². The van der Waals surface area contributed by atoms with Crippen LogP contribution < -0.4 is 0 Å². The van der Waals surface area contributed by atoms with Gasteiger partial charge < -0.3 is 0 Å². The Kier molecular flexibility index (Phi) is 2.64. The fraction of sp³-hybridized carbons (Fsp3) is 0.158. The van der Waals surface area contributed by atoms with Crippen LogP contribution in [0.3, 0.4) is 0 Å². The molecule has 0 aliphatic rings. The fourth-order valence-corrected chi connectivity index (χ4v) is 3.59. The molecule has 4 aromatic rings. The van der Waals surface area contributed by atoms with Gasteiger partial charge in [-0.05, 0) is 62.5 Å². The molecule has 0 fully saturated rings. The summed E-state index contributed by atoms with van der Waals surface area (Å²) in [6.07, 6.45) is 1.02. The van der Waals surface area contributed by atoms with Gasteiger partial charge in [-0.25, -0.2) is 0 Å². The summed E-state index contributed by atoms with van der Waals surface area (Å²) >= 11 is 4.39. The second kappa shape index (κ2) is 4.39. The van der Waals surface area contributed by atoms with Gasteiger partial charge in [0.25, 0.3) is 0 Å². The molecule has 0 N–H and O–H groups in total. The molecule has 1 heteroatoms. The van der Waals surface area contributed by atoms with Gasteiger partial charge in [0.15, 0.2) is 0 Å². The molecule has 20 heavy (non-hydrogen) atoms. The topological polar surface area (TPSA) is 0 Å². The van der Waals surface area contributed by atoms with Crippen LogP contribution in [0, 0.1) is 6.92 Å². The Morgan fingerprint density at radius 3 is 2.10 bits per heavy atom. The number of thiol groups is 1. The summed E-state index contributed by atoms with van der Waals surface area (Å²) in [5.74, 6) is 0.892. The second-order valence-electron chi connectivity index (χ2n) is 5.50. The normalized spacial score (nSPS) is 11.9. The van der Waals surface area contributed by atoms with Crippen LogP contribution >= 0.6 is 12.6 Å². The van der Waals surface area contributed by atoms with Crippen LogP contribution in [0.15, 0.2) is 48.5 Å². The first-order chi connectivity index (χ1) is 9.79. The van der Waals surface area contributed by atoms with Gasteiger partial charge in [-0.15, -0.1) is 0 Å². The average molecular weight is 276 g/mol. The van der Waals surface area contributed by atoms with Crippen molar-refractivity contribution in [1.82, 2.24) is 0 Å². The molecule has 98 valence electrons. The minimum atomic E-state index is 0.892. The van der Waals surface area contributed by atoms with Gasteiger partial charge in [-0.2, -0.15) is 12.6 Å². The summed E-state index contributed by atoms with van der Waals surface area (Å²) < 4.78 is 0. The molecular weight excluding hydrogens is 260 g/mol. The van der Waals surface area contributed by atoms with Gasteiger partial charge in [-0.3, -0.25) is 0 Å². The summed E-state index contributed by atoms with van der Waals surface area (Å²) in [6.45, 7) is 2.19. The molecule has 0 radical (unpaired) electrons.